The number of nitrogens with zero attached hydrogens (tertiary/aromatic N) is 2. The number of imidazole rings is 1. The zero-order valence-electron chi connectivity index (χ0n) is 12.0. The van der Waals surface area contributed by atoms with E-state index in [2.05, 4.69) is 17.2 Å². The van der Waals surface area contributed by atoms with Gasteiger partial charge in [-0.3, -0.25) is 4.57 Å². The Kier molecular flexibility index (Phi) is 3.97. The van der Waals surface area contributed by atoms with Crippen LogP contribution in [0.2, 0.25) is 0 Å². The molecule has 21 heavy (non-hydrogen) atoms. The zero-order chi connectivity index (χ0) is 14.7. The molecule has 0 atom stereocenters. The van der Waals surface area contributed by atoms with Crippen LogP contribution in [0, 0.1) is 5.82 Å². The number of nitrogens with one attached hydrogen (secondary N) is 1. The summed E-state index contributed by atoms with van der Waals surface area (Å²) in [5.74, 6) is -0.228. The number of aromatic nitrogens is 2. The van der Waals surface area contributed by atoms with Crippen LogP contribution in [0.15, 0.2) is 48.8 Å². The van der Waals surface area contributed by atoms with Gasteiger partial charge in [-0.15, -0.1) is 0 Å². The summed E-state index contributed by atoms with van der Waals surface area (Å²) in [5, 5.41) is 3.28. The number of fused-ring (bicyclic) bond motifs is 1. The first-order valence-corrected chi connectivity index (χ1v) is 7.21. The Morgan fingerprint density at radius 2 is 2.05 bits per heavy atom. The SMILES string of the molecule is CCCNCc1ccc(-n2cnc3ccccc32)c(F)c1. The Hall–Kier alpha value is -2.20. The highest BCUT2D eigenvalue weighted by atomic mass is 19.1. The maximum absolute atomic E-state index is 14.4. The minimum Gasteiger partial charge on any atom is -0.313 e. The molecule has 3 rings (SSSR count). The van der Waals surface area contributed by atoms with Crippen molar-refractivity contribution in [3.63, 3.8) is 0 Å². The molecule has 108 valence electrons. The van der Waals surface area contributed by atoms with Gasteiger partial charge in [0.05, 0.1) is 16.7 Å². The summed E-state index contributed by atoms with van der Waals surface area (Å²) in [4.78, 5) is 4.30. The lowest BCUT2D eigenvalue weighted by Crippen LogP contribution is -2.14. The Morgan fingerprint density at radius 3 is 2.86 bits per heavy atom. The van der Waals surface area contributed by atoms with E-state index in [-0.39, 0.29) is 5.82 Å². The molecule has 0 fully saturated rings. The Bertz CT molecular complexity index is 749. The van der Waals surface area contributed by atoms with Crippen molar-refractivity contribution in [1.82, 2.24) is 14.9 Å². The maximum atomic E-state index is 14.4. The average molecular weight is 283 g/mol. The topological polar surface area (TPSA) is 29.9 Å². The van der Waals surface area contributed by atoms with Crippen molar-refractivity contribution in [2.75, 3.05) is 6.54 Å². The van der Waals surface area contributed by atoms with E-state index >= 15 is 0 Å². The van der Waals surface area contributed by atoms with Crippen LogP contribution < -0.4 is 5.32 Å². The smallest absolute Gasteiger partial charge is 0.147 e. The highest BCUT2D eigenvalue weighted by molar-refractivity contribution is 5.77. The van der Waals surface area contributed by atoms with Crippen LogP contribution >= 0.6 is 0 Å². The molecule has 1 aromatic heterocycles. The van der Waals surface area contributed by atoms with Crippen molar-refractivity contribution < 1.29 is 4.39 Å². The highest BCUT2D eigenvalue weighted by Gasteiger charge is 2.09. The Balaban J connectivity index is 1.92. The molecule has 3 nitrogen and oxygen atoms in total. The maximum Gasteiger partial charge on any atom is 0.147 e. The molecule has 0 spiro atoms. The molecule has 0 bridgehead atoms. The van der Waals surface area contributed by atoms with Crippen molar-refractivity contribution in [2.24, 2.45) is 0 Å². The van der Waals surface area contributed by atoms with E-state index in [9.17, 15) is 4.39 Å². The minimum absolute atomic E-state index is 0.228. The first-order chi connectivity index (χ1) is 10.3. The van der Waals surface area contributed by atoms with Gasteiger partial charge in [0.2, 0.25) is 0 Å². The molecule has 0 radical (unpaired) electrons. The van der Waals surface area contributed by atoms with E-state index in [0.29, 0.717) is 12.2 Å². The molecule has 0 aliphatic rings. The molecule has 0 aliphatic carbocycles. The second kappa shape index (κ2) is 6.06. The third kappa shape index (κ3) is 2.81. The van der Waals surface area contributed by atoms with Crippen LogP contribution in [0.25, 0.3) is 16.7 Å². The van der Waals surface area contributed by atoms with E-state index in [1.54, 1.807) is 17.0 Å². The number of rotatable bonds is 5. The largest absolute Gasteiger partial charge is 0.313 e. The van der Waals surface area contributed by atoms with E-state index in [1.807, 2.05) is 36.4 Å². The van der Waals surface area contributed by atoms with Crippen LogP contribution in [-0.4, -0.2) is 16.1 Å². The third-order valence-corrected chi connectivity index (χ3v) is 3.48. The summed E-state index contributed by atoms with van der Waals surface area (Å²) < 4.78 is 16.2. The highest BCUT2D eigenvalue weighted by Crippen LogP contribution is 2.21. The van der Waals surface area contributed by atoms with E-state index in [4.69, 9.17) is 0 Å². The molecule has 3 aromatic rings. The summed E-state index contributed by atoms with van der Waals surface area (Å²) in [6.45, 7) is 3.74. The van der Waals surface area contributed by atoms with E-state index < -0.39 is 0 Å². The van der Waals surface area contributed by atoms with E-state index in [0.717, 1.165) is 29.6 Å². The van der Waals surface area contributed by atoms with Crippen LogP contribution in [0.5, 0.6) is 0 Å². The van der Waals surface area contributed by atoms with Crippen LogP contribution in [0.1, 0.15) is 18.9 Å². The third-order valence-electron chi connectivity index (χ3n) is 3.48. The summed E-state index contributed by atoms with van der Waals surface area (Å²) in [6.07, 6.45) is 2.74. The van der Waals surface area contributed by atoms with Gasteiger partial charge in [-0.25, -0.2) is 9.37 Å². The second-order valence-electron chi connectivity index (χ2n) is 5.07. The predicted molar refractivity (Wildman–Crippen MR) is 83.0 cm³/mol. The summed E-state index contributed by atoms with van der Waals surface area (Å²) in [5.41, 5.74) is 3.26. The first kappa shape index (κ1) is 13.8. The van der Waals surface area contributed by atoms with Gasteiger partial charge < -0.3 is 5.32 Å². The molecule has 0 saturated carbocycles. The van der Waals surface area contributed by atoms with Gasteiger partial charge in [-0.05, 0) is 42.8 Å². The summed E-state index contributed by atoms with van der Waals surface area (Å²) in [7, 11) is 0. The van der Waals surface area contributed by atoms with Crippen LogP contribution in [-0.2, 0) is 6.54 Å². The van der Waals surface area contributed by atoms with Crippen molar-refractivity contribution in [3.8, 4) is 5.69 Å². The molecule has 4 heteroatoms. The van der Waals surface area contributed by atoms with Crippen molar-refractivity contribution in [1.29, 1.82) is 0 Å². The average Bonchev–Trinajstić information content (AvgIpc) is 2.92. The second-order valence-corrected chi connectivity index (χ2v) is 5.07. The Labute approximate surface area is 123 Å². The van der Waals surface area contributed by atoms with Crippen molar-refractivity contribution in [3.05, 3.63) is 60.2 Å². The minimum atomic E-state index is -0.228. The van der Waals surface area contributed by atoms with Crippen LogP contribution in [0.3, 0.4) is 0 Å². The fourth-order valence-corrected chi connectivity index (χ4v) is 2.42. The zero-order valence-corrected chi connectivity index (χ0v) is 12.0. The number of halogens is 1. The van der Waals surface area contributed by atoms with Gasteiger partial charge >= 0.3 is 0 Å². The lowest BCUT2D eigenvalue weighted by Gasteiger charge is -2.09. The molecule has 1 heterocycles. The predicted octanol–water partition coefficient (Wildman–Crippen LogP) is 3.66. The van der Waals surface area contributed by atoms with Gasteiger partial charge in [-0.2, -0.15) is 0 Å². The lowest BCUT2D eigenvalue weighted by molar-refractivity contribution is 0.611. The van der Waals surface area contributed by atoms with Crippen molar-refractivity contribution in [2.45, 2.75) is 19.9 Å². The number of para-hydroxylation sites is 2. The number of benzene rings is 2. The van der Waals surface area contributed by atoms with Gasteiger partial charge in [0.1, 0.15) is 12.1 Å². The molecular weight excluding hydrogens is 265 g/mol. The first-order valence-electron chi connectivity index (χ1n) is 7.21. The molecule has 0 unspecified atom stereocenters. The van der Waals surface area contributed by atoms with Crippen molar-refractivity contribution >= 4 is 11.0 Å². The molecule has 2 aromatic carbocycles. The van der Waals surface area contributed by atoms with Gasteiger partial charge in [0, 0.05) is 6.54 Å². The lowest BCUT2D eigenvalue weighted by atomic mass is 10.2. The van der Waals surface area contributed by atoms with Gasteiger partial charge in [0.25, 0.3) is 0 Å². The van der Waals surface area contributed by atoms with Gasteiger partial charge in [-0.1, -0.05) is 25.1 Å². The molecule has 0 amide bonds. The summed E-state index contributed by atoms with van der Waals surface area (Å²) in [6, 6.07) is 13.1. The molecule has 0 aliphatic heterocycles. The normalized spacial score (nSPS) is 11.1. The van der Waals surface area contributed by atoms with E-state index in [1.165, 1.54) is 0 Å². The Morgan fingerprint density at radius 1 is 1.19 bits per heavy atom. The quantitative estimate of drug-likeness (QED) is 0.724. The fraction of sp³-hybridized carbons (Fsp3) is 0.235. The van der Waals surface area contributed by atoms with Crippen LogP contribution in [0.4, 0.5) is 4.39 Å². The van der Waals surface area contributed by atoms with Gasteiger partial charge in [0.15, 0.2) is 0 Å². The molecule has 0 saturated heterocycles. The monoisotopic (exact) mass is 283 g/mol. The standard InChI is InChI=1S/C17H18FN3/c1-2-9-19-11-13-7-8-16(14(18)10-13)21-12-20-15-5-3-4-6-17(15)21/h3-8,10,12,19H,2,9,11H2,1H3. The fourth-order valence-electron chi connectivity index (χ4n) is 2.42. The summed E-state index contributed by atoms with van der Waals surface area (Å²) >= 11 is 0. The number of hydrogen-bond acceptors (Lipinski definition) is 2. The molecule has 1 N–H and O–H groups in total. The molecular formula is C17H18FN3. The number of hydrogen-bond donors (Lipinski definition) is 1.